The molecule has 2 bridgehead atoms. The molecule has 3 heterocycles. The smallest absolute Gasteiger partial charge is 0.410 e. The molecule has 2 unspecified atom stereocenters. The van der Waals surface area contributed by atoms with Crippen molar-refractivity contribution in [2.45, 2.75) is 89.9 Å². The van der Waals surface area contributed by atoms with Gasteiger partial charge in [-0.1, -0.05) is 13.3 Å². The minimum atomic E-state index is -0.186. The molecule has 0 radical (unpaired) electrons. The van der Waals surface area contributed by atoms with Crippen LogP contribution in [0.1, 0.15) is 65.7 Å². The molecule has 0 aromatic rings. The van der Waals surface area contributed by atoms with Crippen molar-refractivity contribution in [3.8, 4) is 0 Å². The molecule has 0 aromatic heterocycles. The van der Waals surface area contributed by atoms with Crippen LogP contribution in [0.15, 0.2) is 0 Å². The highest BCUT2D eigenvalue weighted by molar-refractivity contribution is 5.73. The van der Waals surface area contributed by atoms with Crippen LogP contribution in [0, 0.1) is 5.41 Å². The highest BCUT2D eigenvalue weighted by atomic mass is 16.6. The number of fused-ring (bicyclic) bond motifs is 2. The zero-order valence-electron chi connectivity index (χ0n) is 19.0. The average molecular weight is 422 g/mol. The molecular weight excluding hydrogens is 382 g/mol. The van der Waals surface area contributed by atoms with Crippen molar-refractivity contribution in [2.75, 3.05) is 39.5 Å². The zero-order chi connectivity index (χ0) is 21.3. The predicted molar refractivity (Wildman–Crippen MR) is 114 cm³/mol. The van der Waals surface area contributed by atoms with Crippen molar-refractivity contribution >= 4 is 12.0 Å². The second-order valence-electron chi connectivity index (χ2n) is 10.2. The van der Waals surface area contributed by atoms with Gasteiger partial charge in [0.1, 0.15) is 0 Å². The molecule has 30 heavy (non-hydrogen) atoms. The fourth-order valence-electron chi connectivity index (χ4n) is 6.09. The van der Waals surface area contributed by atoms with Crippen LogP contribution < -0.4 is 0 Å². The highest BCUT2D eigenvalue weighted by Gasteiger charge is 2.45. The molecule has 1 saturated carbocycles. The molecule has 7 heteroatoms. The van der Waals surface area contributed by atoms with E-state index in [1.807, 2.05) is 11.8 Å². The maximum absolute atomic E-state index is 12.4. The summed E-state index contributed by atoms with van der Waals surface area (Å²) in [6.45, 7) is 10.6. The minimum Gasteiger partial charge on any atom is -0.450 e. The lowest BCUT2D eigenvalue weighted by molar-refractivity contribution is -0.135. The Morgan fingerprint density at radius 1 is 1.10 bits per heavy atom. The summed E-state index contributed by atoms with van der Waals surface area (Å²) in [5.41, 5.74) is 0.334. The van der Waals surface area contributed by atoms with Crippen LogP contribution in [0.2, 0.25) is 0 Å². The molecule has 7 nitrogen and oxygen atoms in total. The van der Waals surface area contributed by atoms with Gasteiger partial charge in [0.05, 0.1) is 31.9 Å². The van der Waals surface area contributed by atoms with Gasteiger partial charge < -0.3 is 19.3 Å². The summed E-state index contributed by atoms with van der Waals surface area (Å²) in [6, 6.07) is 1.10. The van der Waals surface area contributed by atoms with E-state index in [2.05, 4.69) is 16.7 Å². The van der Waals surface area contributed by atoms with Gasteiger partial charge in [-0.15, -0.1) is 0 Å². The first-order valence-corrected chi connectivity index (χ1v) is 11.9. The second-order valence-corrected chi connectivity index (χ2v) is 10.2. The highest BCUT2D eigenvalue weighted by Crippen LogP contribution is 2.42. The normalized spacial score (nSPS) is 31.7. The van der Waals surface area contributed by atoms with Gasteiger partial charge in [0.15, 0.2) is 0 Å². The molecule has 2 atom stereocenters. The molecule has 3 aliphatic heterocycles. The van der Waals surface area contributed by atoms with Crippen LogP contribution in [0.5, 0.6) is 0 Å². The fraction of sp³-hybridized carbons (Fsp3) is 0.913. The topological polar surface area (TPSA) is 62.3 Å². The van der Waals surface area contributed by atoms with Crippen LogP contribution in [0.4, 0.5) is 4.79 Å². The predicted octanol–water partition coefficient (Wildman–Crippen LogP) is 2.88. The Morgan fingerprint density at radius 2 is 1.73 bits per heavy atom. The lowest BCUT2D eigenvalue weighted by Crippen LogP contribution is -2.63. The molecule has 2 amide bonds. The third-order valence-corrected chi connectivity index (χ3v) is 7.95. The Hall–Kier alpha value is -1.34. The lowest BCUT2D eigenvalue weighted by atomic mass is 9.70. The SMILES string of the molecule is CCOC(=O)N1C2COCC1CC(N1CCC(N(CC3(C)CCC3)C(C)=O)CC1)C2. The number of morpholine rings is 1. The Kier molecular flexibility index (Phi) is 6.58. The summed E-state index contributed by atoms with van der Waals surface area (Å²) in [5.74, 6) is 0.232. The minimum absolute atomic E-state index is 0.117. The van der Waals surface area contributed by atoms with Crippen molar-refractivity contribution in [1.82, 2.24) is 14.7 Å². The van der Waals surface area contributed by atoms with E-state index in [1.165, 1.54) is 19.3 Å². The summed E-state index contributed by atoms with van der Waals surface area (Å²) in [5, 5.41) is 0. The Bertz CT molecular complexity index is 616. The van der Waals surface area contributed by atoms with Gasteiger partial charge in [-0.25, -0.2) is 4.79 Å². The molecule has 0 aromatic carbocycles. The summed E-state index contributed by atoms with van der Waals surface area (Å²) in [4.78, 5) is 31.5. The number of amides is 2. The number of piperidine rings is 2. The summed E-state index contributed by atoms with van der Waals surface area (Å²) in [6.07, 6.45) is 7.63. The van der Waals surface area contributed by atoms with Gasteiger partial charge in [0, 0.05) is 38.6 Å². The van der Waals surface area contributed by atoms with Gasteiger partial charge in [-0.05, 0) is 50.9 Å². The van der Waals surface area contributed by atoms with E-state index in [-0.39, 0.29) is 24.1 Å². The number of carbonyl (C=O) groups excluding carboxylic acids is 2. The van der Waals surface area contributed by atoms with Gasteiger partial charge in [0.2, 0.25) is 5.91 Å². The molecule has 1 aliphatic carbocycles. The number of likely N-dealkylation sites (tertiary alicyclic amines) is 1. The first-order valence-electron chi connectivity index (χ1n) is 11.9. The number of ether oxygens (including phenoxy) is 2. The standard InChI is InChI=1S/C23H39N3O4/c1-4-30-22(28)26-20-12-19(13-21(26)15-29-14-20)24-10-6-18(7-11-24)25(17(2)27)16-23(3)8-5-9-23/h18-21H,4-16H2,1-3H3. The first-order chi connectivity index (χ1) is 14.4. The molecule has 4 aliphatic rings. The van der Waals surface area contributed by atoms with Crippen molar-refractivity contribution in [3.63, 3.8) is 0 Å². The number of hydrogen-bond acceptors (Lipinski definition) is 5. The lowest BCUT2D eigenvalue weighted by Gasteiger charge is -2.51. The molecule has 4 rings (SSSR count). The fourth-order valence-corrected chi connectivity index (χ4v) is 6.09. The molecule has 170 valence electrons. The van der Waals surface area contributed by atoms with Gasteiger partial charge in [-0.3, -0.25) is 9.69 Å². The largest absolute Gasteiger partial charge is 0.450 e. The van der Waals surface area contributed by atoms with E-state index in [4.69, 9.17) is 9.47 Å². The number of carbonyl (C=O) groups is 2. The number of nitrogens with zero attached hydrogens (tertiary/aromatic N) is 3. The van der Waals surface area contributed by atoms with Crippen molar-refractivity contribution in [3.05, 3.63) is 0 Å². The van der Waals surface area contributed by atoms with Crippen LogP contribution >= 0.6 is 0 Å². The van der Waals surface area contributed by atoms with Gasteiger partial charge >= 0.3 is 6.09 Å². The monoisotopic (exact) mass is 421 g/mol. The summed E-state index contributed by atoms with van der Waals surface area (Å²) >= 11 is 0. The van der Waals surface area contributed by atoms with Crippen molar-refractivity contribution in [1.29, 1.82) is 0 Å². The van der Waals surface area contributed by atoms with Crippen LogP contribution in [-0.4, -0.2) is 90.3 Å². The van der Waals surface area contributed by atoms with E-state index in [0.717, 1.165) is 45.3 Å². The van der Waals surface area contributed by atoms with Gasteiger partial charge in [0.25, 0.3) is 0 Å². The maximum atomic E-state index is 12.4. The third kappa shape index (κ3) is 4.47. The van der Waals surface area contributed by atoms with E-state index in [1.54, 1.807) is 6.92 Å². The third-order valence-electron chi connectivity index (χ3n) is 7.95. The maximum Gasteiger partial charge on any atom is 0.410 e. The molecule has 0 spiro atoms. The quantitative estimate of drug-likeness (QED) is 0.683. The van der Waals surface area contributed by atoms with Crippen LogP contribution in [0.3, 0.4) is 0 Å². The molecule has 0 N–H and O–H groups in total. The second kappa shape index (κ2) is 9.03. The van der Waals surface area contributed by atoms with Crippen LogP contribution in [-0.2, 0) is 14.3 Å². The Balaban J connectivity index is 1.33. The van der Waals surface area contributed by atoms with Crippen molar-refractivity contribution < 1.29 is 19.1 Å². The van der Waals surface area contributed by atoms with E-state index >= 15 is 0 Å². The van der Waals surface area contributed by atoms with E-state index in [0.29, 0.717) is 37.3 Å². The van der Waals surface area contributed by atoms with Crippen LogP contribution in [0.25, 0.3) is 0 Å². The molecular formula is C23H39N3O4. The summed E-state index contributed by atoms with van der Waals surface area (Å²) < 4.78 is 11.1. The van der Waals surface area contributed by atoms with Crippen molar-refractivity contribution in [2.24, 2.45) is 5.41 Å². The van der Waals surface area contributed by atoms with Gasteiger partial charge in [-0.2, -0.15) is 0 Å². The first kappa shape index (κ1) is 21.9. The average Bonchev–Trinajstić information content (AvgIpc) is 2.70. The number of rotatable bonds is 5. The summed E-state index contributed by atoms with van der Waals surface area (Å²) in [7, 11) is 0. The zero-order valence-corrected chi connectivity index (χ0v) is 19.0. The Labute approximate surface area is 181 Å². The molecule has 3 saturated heterocycles. The van der Waals surface area contributed by atoms with E-state index in [9.17, 15) is 9.59 Å². The number of hydrogen-bond donors (Lipinski definition) is 0. The van der Waals surface area contributed by atoms with E-state index < -0.39 is 0 Å². The Morgan fingerprint density at radius 3 is 2.23 bits per heavy atom. The molecule has 4 fully saturated rings.